The normalized spacial score (nSPS) is 17.2. The van der Waals surface area contributed by atoms with Crippen LogP contribution in [0.2, 0.25) is 0 Å². The molecule has 1 saturated heterocycles. The van der Waals surface area contributed by atoms with Crippen LogP contribution in [0.1, 0.15) is 30.8 Å². The predicted octanol–water partition coefficient (Wildman–Crippen LogP) is 2.03. The standard InChI is InChI=1S/C15H19N5OS/c1-11(21)19-13(14-16-7-10-22-14)12-3-8-20(9-4-12)15-17-5-2-6-18-15/h2,5-7,10,12-13H,3-4,8-9H2,1H3,(H,19,21)/t13-/m1/s1. The van der Waals surface area contributed by atoms with Crippen molar-refractivity contribution in [3.8, 4) is 0 Å². The van der Waals surface area contributed by atoms with Crippen LogP contribution in [0.5, 0.6) is 0 Å². The number of amides is 1. The number of rotatable bonds is 4. The molecule has 1 amide bonds. The fourth-order valence-electron chi connectivity index (χ4n) is 2.88. The Labute approximate surface area is 133 Å². The van der Waals surface area contributed by atoms with Crippen LogP contribution in [0.25, 0.3) is 0 Å². The van der Waals surface area contributed by atoms with Gasteiger partial charge in [0.2, 0.25) is 11.9 Å². The Morgan fingerprint density at radius 2 is 2.00 bits per heavy atom. The second-order valence-electron chi connectivity index (χ2n) is 5.42. The number of thiazole rings is 1. The smallest absolute Gasteiger partial charge is 0.225 e. The van der Waals surface area contributed by atoms with Crippen molar-refractivity contribution in [3.05, 3.63) is 35.0 Å². The first kappa shape index (κ1) is 14.9. The van der Waals surface area contributed by atoms with Gasteiger partial charge in [-0.25, -0.2) is 15.0 Å². The maximum absolute atomic E-state index is 11.5. The van der Waals surface area contributed by atoms with Gasteiger partial charge in [-0.05, 0) is 24.8 Å². The highest BCUT2D eigenvalue weighted by Crippen LogP contribution is 2.32. The third-order valence-corrected chi connectivity index (χ3v) is 4.78. The Balaban J connectivity index is 1.67. The van der Waals surface area contributed by atoms with Gasteiger partial charge in [0, 0.05) is 44.0 Å². The lowest BCUT2D eigenvalue weighted by atomic mass is 9.89. The van der Waals surface area contributed by atoms with Gasteiger partial charge in [-0.1, -0.05) is 0 Å². The molecule has 0 aliphatic carbocycles. The Bertz CT molecular complexity index is 596. The van der Waals surface area contributed by atoms with Gasteiger partial charge in [-0.3, -0.25) is 4.79 Å². The van der Waals surface area contributed by atoms with E-state index in [2.05, 4.69) is 25.2 Å². The molecule has 1 aliphatic heterocycles. The third-order valence-electron chi connectivity index (χ3n) is 3.92. The molecule has 0 unspecified atom stereocenters. The highest BCUT2D eigenvalue weighted by atomic mass is 32.1. The molecule has 7 heteroatoms. The van der Waals surface area contributed by atoms with E-state index in [4.69, 9.17) is 0 Å². The van der Waals surface area contributed by atoms with Crippen molar-refractivity contribution >= 4 is 23.2 Å². The lowest BCUT2D eigenvalue weighted by molar-refractivity contribution is -0.120. The first-order valence-electron chi connectivity index (χ1n) is 7.42. The second kappa shape index (κ2) is 6.83. The average molecular weight is 317 g/mol. The zero-order valence-corrected chi connectivity index (χ0v) is 13.3. The van der Waals surface area contributed by atoms with E-state index in [9.17, 15) is 4.79 Å². The molecule has 2 aromatic heterocycles. The topological polar surface area (TPSA) is 71.0 Å². The third kappa shape index (κ3) is 3.41. The minimum atomic E-state index is -0.00553. The number of aromatic nitrogens is 3. The van der Waals surface area contributed by atoms with E-state index >= 15 is 0 Å². The van der Waals surface area contributed by atoms with E-state index < -0.39 is 0 Å². The molecule has 116 valence electrons. The van der Waals surface area contributed by atoms with E-state index in [0.29, 0.717) is 5.92 Å². The van der Waals surface area contributed by atoms with Gasteiger partial charge in [0.05, 0.1) is 6.04 Å². The summed E-state index contributed by atoms with van der Waals surface area (Å²) in [6, 6.07) is 1.84. The molecule has 2 aromatic rings. The molecule has 0 aromatic carbocycles. The van der Waals surface area contributed by atoms with Crippen molar-refractivity contribution in [2.45, 2.75) is 25.8 Å². The number of hydrogen-bond acceptors (Lipinski definition) is 6. The van der Waals surface area contributed by atoms with Crippen LogP contribution in [-0.4, -0.2) is 33.9 Å². The number of anilines is 1. The molecule has 1 fully saturated rings. The summed E-state index contributed by atoms with van der Waals surface area (Å²) in [4.78, 5) is 26.7. The van der Waals surface area contributed by atoms with Gasteiger partial charge >= 0.3 is 0 Å². The molecule has 0 radical (unpaired) electrons. The van der Waals surface area contributed by atoms with Crippen molar-refractivity contribution < 1.29 is 4.79 Å². The van der Waals surface area contributed by atoms with E-state index in [1.54, 1.807) is 36.9 Å². The summed E-state index contributed by atoms with van der Waals surface area (Å²) in [6.07, 6.45) is 7.31. The number of hydrogen-bond donors (Lipinski definition) is 1. The second-order valence-corrected chi connectivity index (χ2v) is 6.35. The Kier molecular flexibility index (Phi) is 4.62. The number of nitrogens with zero attached hydrogens (tertiary/aromatic N) is 4. The SMILES string of the molecule is CC(=O)N[C@@H](c1nccs1)C1CCN(c2ncccn2)CC1. The van der Waals surface area contributed by atoms with Crippen LogP contribution in [0.3, 0.4) is 0 Å². The van der Waals surface area contributed by atoms with Crippen LogP contribution in [-0.2, 0) is 4.79 Å². The zero-order chi connectivity index (χ0) is 15.4. The molecule has 1 aliphatic rings. The maximum Gasteiger partial charge on any atom is 0.225 e. The van der Waals surface area contributed by atoms with Gasteiger partial charge < -0.3 is 10.2 Å². The minimum absolute atomic E-state index is 0.00553. The molecule has 0 saturated carbocycles. The number of nitrogens with one attached hydrogen (secondary N) is 1. The zero-order valence-electron chi connectivity index (χ0n) is 12.5. The van der Waals surface area contributed by atoms with E-state index in [1.165, 1.54) is 0 Å². The van der Waals surface area contributed by atoms with Crippen LogP contribution >= 0.6 is 11.3 Å². The molecule has 0 bridgehead atoms. The molecule has 6 nitrogen and oxygen atoms in total. The fraction of sp³-hybridized carbons (Fsp3) is 0.467. The number of carbonyl (C=O) groups excluding carboxylic acids is 1. The highest BCUT2D eigenvalue weighted by Gasteiger charge is 2.30. The van der Waals surface area contributed by atoms with Crippen molar-refractivity contribution in [2.75, 3.05) is 18.0 Å². The lowest BCUT2D eigenvalue weighted by Gasteiger charge is -2.35. The summed E-state index contributed by atoms with van der Waals surface area (Å²) in [5.41, 5.74) is 0. The summed E-state index contributed by atoms with van der Waals surface area (Å²) in [6.45, 7) is 3.36. The van der Waals surface area contributed by atoms with Crippen molar-refractivity contribution in [1.82, 2.24) is 20.3 Å². The molecular weight excluding hydrogens is 298 g/mol. The fourth-order valence-corrected chi connectivity index (χ4v) is 3.66. The predicted molar refractivity (Wildman–Crippen MR) is 85.6 cm³/mol. The van der Waals surface area contributed by atoms with Gasteiger partial charge in [0.15, 0.2) is 0 Å². The van der Waals surface area contributed by atoms with Crippen molar-refractivity contribution in [2.24, 2.45) is 5.92 Å². The van der Waals surface area contributed by atoms with Gasteiger partial charge in [-0.15, -0.1) is 11.3 Å². The molecule has 3 heterocycles. The van der Waals surface area contributed by atoms with Crippen LogP contribution in [0.4, 0.5) is 5.95 Å². The minimum Gasteiger partial charge on any atom is -0.347 e. The monoisotopic (exact) mass is 317 g/mol. The molecule has 1 atom stereocenters. The molecule has 0 spiro atoms. The largest absolute Gasteiger partial charge is 0.347 e. The molecular formula is C15H19N5OS. The van der Waals surface area contributed by atoms with Gasteiger partial charge in [0.1, 0.15) is 5.01 Å². The van der Waals surface area contributed by atoms with Gasteiger partial charge in [-0.2, -0.15) is 0 Å². The summed E-state index contributed by atoms with van der Waals surface area (Å²) in [7, 11) is 0. The van der Waals surface area contributed by atoms with E-state index in [0.717, 1.165) is 36.9 Å². The van der Waals surface area contributed by atoms with Gasteiger partial charge in [0.25, 0.3) is 0 Å². The number of piperidine rings is 1. The summed E-state index contributed by atoms with van der Waals surface area (Å²) < 4.78 is 0. The highest BCUT2D eigenvalue weighted by molar-refractivity contribution is 7.09. The van der Waals surface area contributed by atoms with Crippen LogP contribution in [0, 0.1) is 5.92 Å². The Morgan fingerprint density at radius 3 is 2.59 bits per heavy atom. The average Bonchev–Trinajstić information content (AvgIpc) is 3.08. The summed E-state index contributed by atoms with van der Waals surface area (Å²) >= 11 is 1.60. The lowest BCUT2D eigenvalue weighted by Crippen LogP contribution is -2.40. The maximum atomic E-state index is 11.5. The molecule has 1 N–H and O–H groups in total. The molecule has 22 heavy (non-hydrogen) atoms. The molecule has 3 rings (SSSR count). The van der Waals surface area contributed by atoms with Crippen molar-refractivity contribution in [3.63, 3.8) is 0 Å². The summed E-state index contributed by atoms with van der Waals surface area (Å²) in [5.74, 6) is 1.18. The van der Waals surface area contributed by atoms with Crippen molar-refractivity contribution in [1.29, 1.82) is 0 Å². The van der Waals surface area contributed by atoms with E-state index in [1.807, 2.05) is 11.4 Å². The Morgan fingerprint density at radius 1 is 1.27 bits per heavy atom. The van der Waals surface area contributed by atoms with Crippen LogP contribution in [0.15, 0.2) is 30.0 Å². The Hall–Kier alpha value is -2.02. The summed E-state index contributed by atoms with van der Waals surface area (Å²) in [5, 5.41) is 6.01. The first-order valence-corrected chi connectivity index (χ1v) is 8.30. The van der Waals surface area contributed by atoms with E-state index in [-0.39, 0.29) is 11.9 Å². The first-order chi connectivity index (χ1) is 10.7. The van der Waals surface area contributed by atoms with Crippen LogP contribution < -0.4 is 10.2 Å². The quantitative estimate of drug-likeness (QED) is 0.934. The number of carbonyl (C=O) groups is 1.